The third kappa shape index (κ3) is 1.99. The molecule has 100 valence electrons. The van der Waals surface area contributed by atoms with Crippen LogP contribution in [0.25, 0.3) is 21.6 Å². The summed E-state index contributed by atoms with van der Waals surface area (Å²) in [6, 6.07) is 6.11. The summed E-state index contributed by atoms with van der Waals surface area (Å²) in [6.45, 7) is 0.580. The number of fused-ring (bicyclic) bond motifs is 1. The maximum atomic E-state index is 5.85. The molecule has 3 aromatic rings. The van der Waals surface area contributed by atoms with E-state index in [0.717, 1.165) is 21.6 Å². The summed E-state index contributed by atoms with van der Waals surface area (Å²) in [6.07, 6.45) is 5.93. The van der Waals surface area contributed by atoms with Gasteiger partial charge in [-0.3, -0.25) is 9.97 Å². The zero-order chi connectivity index (χ0) is 13.5. The van der Waals surface area contributed by atoms with Gasteiger partial charge in [0.05, 0.1) is 16.7 Å². The van der Waals surface area contributed by atoms with Crippen molar-refractivity contribution in [3.05, 3.63) is 41.2 Å². The minimum Gasteiger partial charge on any atom is -0.326 e. The predicted octanol–water partition coefficient (Wildman–Crippen LogP) is 3.09. The Morgan fingerprint density at radius 2 is 1.95 bits per heavy atom. The van der Waals surface area contributed by atoms with Gasteiger partial charge in [-0.2, -0.15) is 0 Å². The lowest BCUT2D eigenvalue weighted by Gasteiger charge is -1.99. The number of rotatable bonds is 3. The van der Waals surface area contributed by atoms with Crippen molar-refractivity contribution in [2.75, 3.05) is 0 Å². The molecule has 1 aliphatic carbocycles. The molecular weight excluding hydrogens is 268 g/mol. The van der Waals surface area contributed by atoms with Crippen LogP contribution in [0.2, 0.25) is 0 Å². The van der Waals surface area contributed by atoms with Crippen molar-refractivity contribution in [1.82, 2.24) is 15.0 Å². The van der Waals surface area contributed by atoms with Crippen LogP contribution in [0.1, 0.15) is 29.3 Å². The van der Waals surface area contributed by atoms with Crippen molar-refractivity contribution < 1.29 is 0 Å². The molecule has 1 saturated carbocycles. The molecule has 0 atom stereocenters. The molecule has 0 unspecified atom stereocenters. The van der Waals surface area contributed by atoms with E-state index in [-0.39, 0.29) is 0 Å². The van der Waals surface area contributed by atoms with Crippen molar-refractivity contribution >= 4 is 22.4 Å². The van der Waals surface area contributed by atoms with Crippen molar-refractivity contribution in [2.45, 2.75) is 25.3 Å². The average molecular weight is 282 g/mol. The lowest BCUT2D eigenvalue weighted by atomic mass is 10.2. The van der Waals surface area contributed by atoms with Crippen molar-refractivity contribution in [1.29, 1.82) is 0 Å². The normalized spacial score (nSPS) is 14.8. The summed E-state index contributed by atoms with van der Waals surface area (Å²) >= 11 is 1.71. The Morgan fingerprint density at radius 3 is 2.70 bits per heavy atom. The zero-order valence-corrected chi connectivity index (χ0v) is 11.7. The van der Waals surface area contributed by atoms with Crippen LogP contribution in [-0.4, -0.2) is 15.0 Å². The Hall–Kier alpha value is -1.85. The van der Waals surface area contributed by atoms with Gasteiger partial charge in [0.1, 0.15) is 5.01 Å². The third-order valence-electron chi connectivity index (χ3n) is 3.59. The van der Waals surface area contributed by atoms with Gasteiger partial charge in [0, 0.05) is 35.3 Å². The summed E-state index contributed by atoms with van der Waals surface area (Å²) in [5.41, 5.74) is 9.98. The molecule has 0 spiro atoms. The highest BCUT2D eigenvalue weighted by atomic mass is 32.1. The largest absolute Gasteiger partial charge is 0.326 e. The monoisotopic (exact) mass is 282 g/mol. The van der Waals surface area contributed by atoms with E-state index in [1.54, 1.807) is 23.7 Å². The van der Waals surface area contributed by atoms with Crippen LogP contribution in [0, 0.1) is 0 Å². The quantitative estimate of drug-likeness (QED) is 0.801. The number of benzene rings is 1. The lowest BCUT2D eigenvalue weighted by Crippen LogP contribution is -1.96. The first-order valence-electron chi connectivity index (χ1n) is 6.76. The number of aromatic nitrogens is 3. The van der Waals surface area contributed by atoms with Crippen LogP contribution in [0.5, 0.6) is 0 Å². The van der Waals surface area contributed by atoms with Crippen molar-refractivity contribution in [3.8, 4) is 10.6 Å². The van der Waals surface area contributed by atoms with Gasteiger partial charge >= 0.3 is 0 Å². The van der Waals surface area contributed by atoms with Crippen LogP contribution in [-0.2, 0) is 6.54 Å². The molecule has 1 aliphatic rings. The zero-order valence-electron chi connectivity index (χ0n) is 10.9. The van der Waals surface area contributed by atoms with E-state index in [2.05, 4.69) is 22.1 Å². The molecule has 0 aliphatic heterocycles. The Labute approximate surface area is 120 Å². The molecule has 20 heavy (non-hydrogen) atoms. The second-order valence-electron chi connectivity index (χ2n) is 5.07. The van der Waals surface area contributed by atoms with Crippen LogP contribution in [0.3, 0.4) is 0 Å². The fourth-order valence-corrected chi connectivity index (χ4v) is 3.43. The summed E-state index contributed by atoms with van der Waals surface area (Å²) in [7, 11) is 0. The van der Waals surface area contributed by atoms with E-state index in [4.69, 9.17) is 10.7 Å². The van der Waals surface area contributed by atoms with Gasteiger partial charge in [-0.1, -0.05) is 0 Å². The second kappa shape index (κ2) is 4.61. The summed E-state index contributed by atoms with van der Waals surface area (Å²) in [5, 5.41) is 1.04. The molecule has 0 saturated heterocycles. The van der Waals surface area contributed by atoms with Crippen molar-refractivity contribution in [3.63, 3.8) is 0 Å². The smallest absolute Gasteiger partial charge is 0.124 e. The maximum Gasteiger partial charge on any atom is 0.124 e. The fourth-order valence-electron chi connectivity index (χ4n) is 2.41. The van der Waals surface area contributed by atoms with E-state index >= 15 is 0 Å². The Balaban J connectivity index is 1.81. The van der Waals surface area contributed by atoms with E-state index in [0.29, 0.717) is 12.5 Å². The molecule has 0 amide bonds. The van der Waals surface area contributed by atoms with Crippen LogP contribution < -0.4 is 5.73 Å². The lowest BCUT2D eigenvalue weighted by molar-refractivity contribution is 0.980. The Bertz CT molecular complexity index is 776. The highest BCUT2D eigenvalue weighted by molar-refractivity contribution is 7.15. The fraction of sp³-hybridized carbons (Fsp3) is 0.267. The summed E-state index contributed by atoms with van der Waals surface area (Å²) in [4.78, 5) is 14.7. The predicted molar refractivity (Wildman–Crippen MR) is 80.5 cm³/mol. The van der Waals surface area contributed by atoms with Crippen molar-refractivity contribution in [2.24, 2.45) is 5.73 Å². The van der Waals surface area contributed by atoms with Gasteiger partial charge in [-0.05, 0) is 31.0 Å². The van der Waals surface area contributed by atoms with E-state index < -0.39 is 0 Å². The number of thiazole rings is 1. The summed E-state index contributed by atoms with van der Waals surface area (Å²) in [5.74, 6) is 0.638. The van der Waals surface area contributed by atoms with Gasteiger partial charge in [0.25, 0.3) is 0 Å². The molecule has 5 heteroatoms. The molecular formula is C15H14N4S. The van der Waals surface area contributed by atoms with E-state index in [9.17, 15) is 0 Å². The van der Waals surface area contributed by atoms with Crippen LogP contribution >= 0.6 is 11.3 Å². The maximum absolute atomic E-state index is 5.85. The first kappa shape index (κ1) is 11.9. The minimum absolute atomic E-state index is 0.580. The van der Waals surface area contributed by atoms with Gasteiger partial charge in [-0.15, -0.1) is 11.3 Å². The number of hydrogen-bond donors (Lipinski definition) is 1. The highest BCUT2D eigenvalue weighted by Gasteiger charge is 2.29. The third-order valence-corrected chi connectivity index (χ3v) is 4.74. The molecule has 2 heterocycles. The Kier molecular flexibility index (Phi) is 2.75. The molecule has 4 rings (SSSR count). The molecule has 1 aromatic carbocycles. The van der Waals surface area contributed by atoms with Crippen LogP contribution in [0.4, 0.5) is 0 Å². The number of nitrogens with two attached hydrogens (primary N) is 1. The average Bonchev–Trinajstić information content (AvgIpc) is 3.26. The highest BCUT2D eigenvalue weighted by Crippen LogP contribution is 2.44. The first-order valence-corrected chi connectivity index (χ1v) is 7.57. The number of hydrogen-bond acceptors (Lipinski definition) is 5. The second-order valence-corrected chi connectivity index (χ2v) is 6.15. The van der Waals surface area contributed by atoms with Gasteiger partial charge in [0.15, 0.2) is 0 Å². The SMILES string of the molecule is NCc1sc(-c2ccc3nccnc3c2)nc1C1CC1. The van der Waals surface area contributed by atoms with Gasteiger partial charge in [0.2, 0.25) is 0 Å². The summed E-state index contributed by atoms with van der Waals surface area (Å²) < 4.78 is 0. The first-order chi connectivity index (χ1) is 9.85. The number of nitrogens with zero attached hydrogens (tertiary/aromatic N) is 3. The minimum atomic E-state index is 0.580. The van der Waals surface area contributed by atoms with E-state index in [1.807, 2.05) is 6.07 Å². The standard InChI is InChI=1S/C15H14N4S/c16-8-13-14(9-1-2-9)19-15(20-13)10-3-4-11-12(7-10)18-6-5-17-11/h3-7,9H,1-2,8,16H2. The van der Waals surface area contributed by atoms with Gasteiger partial charge < -0.3 is 5.73 Å². The Morgan fingerprint density at radius 1 is 1.15 bits per heavy atom. The molecule has 2 aromatic heterocycles. The molecule has 1 fully saturated rings. The topological polar surface area (TPSA) is 64.7 Å². The van der Waals surface area contributed by atoms with Gasteiger partial charge in [-0.25, -0.2) is 4.98 Å². The molecule has 2 N–H and O–H groups in total. The van der Waals surface area contributed by atoms with Crippen LogP contribution in [0.15, 0.2) is 30.6 Å². The molecule has 0 bridgehead atoms. The molecule has 4 nitrogen and oxygen atoms in total. The van der Waals surface area contributed by atoms with E-state index in [1.165, 1.54) is 23.4 Å². The molecule has 0 radical (unpaired) electrons.